The summed E-state index contributed by atoms with van der Waals surface area (Å²) in [6, 6.07) is 0. The number of hydrogen-bond acceptors (Lipinski definition) is 11. The second-order valence-corrected chi connectivity index (χ2v) is 10.4. The van der Waals surface area contributed by atoms with Gasteiger partial charge in [-0.2, -0.15) is 22.4 Å². The van der Waals surface area contributed by atoms with Gasteiger partial charge in [0.1, 0.15) is 0 Å². The molecule has 224 valence electrons. The highest BCUT2D eigenvalue weighted by molar-refractivity contribution is 14.1. The number of halogens is 2. The summed E-state index contributed by atoms with van der Waals surface area (Å²) in [6.45, 7) is -1.04. The van der Waals surface area contributed by atoms with E-state index in [0.717, 1.165) is 4.90 Å². The second-order valence-electron chi connectivity index (χ2n) is 8.79. The molecule has 0 radical (unpaired) electrons. The Morgan fingerprint density at radius 1 is 0.805 bits per heavy atom. The molecule has 0 aromatic carbocycles. The maximum absolute atomic E-state index is 13.5. The van der Waals surface area contributed by atoms with Crippen LogP contribution in [0.25, 0.3) is 0 Å². The quantitative estimate of drug-likeness (QED) is 0.0783. The first-order valence-corrected chi connectivity index (χ1v) is 15.2. The molecule has 1 atom stereocenters. The zero-order valence-electron chi connectivity index (χ0n) is 21.9. The molecule has 19 heteroatoms. The van der Waals surface area contributed by atoms with Crippen LogP contribution in [0.4, 0.5) is 0 Å². The molecule has 0 aliphatic carbocycles. The van der Waals surface area contributed by atoms with Gasteiger partial charge in [0.2, 0.25) is 22.9 Å². The van der Waals surface area contributed by atoms with Gasteiger partial charge in [-0.25, -0.2) is 9.59 Å². The fourth-order valence-corrected chi connectivity index (χ4v) is 4.28. The van der Waals surface area contributed by atoms with E-state index in [1.807, 2.05) is 22.4 Å². The third-order valence-electron chi connectivity index (χ3n) is 5.76. The molecule has 2 N–H and O–H groups in total. The predicted molar refractivity (Wildman–Crippen MR) is 149 cm³/mol. The Labute approximate surface area is 256 Å². The lowest BCUT2D eigenvalue weighted by Gasteiger charge is -2.27. The first-order valence-electron chi connectivity index (χ1n) is 12.5. The number of amides is 7. The monoisotopic (exact) mass is 755 g/mol. The predicted octanol–water partition coefficient (Wildman–Crippen LogP) is -1.74. The van der Waals surface area contributed by atoms with Gasteiger partial charge in [0, 0.05) is 58.2 Å². The molecule has 7 amide bonds. The Hall–Kier alpha value is -3.10. The van der Waals surface area contributed by atoms with Crippen LogP contribution in [0.5, 0.6) is 0 Å². The van der Waals surface area contributed by atoms with Crippen molar-refractivity contribution in [3.05, 3.63) is 0 Å². The lowest BCUT2D eigenvalue weighted by atomic mass is 10.0. The van der Waals surface area contributed by atoms with Crippen molar-refractivity contribution in [2.75, 3.05) is 31.5 Å². The van der Waals surface area contributed by atoms with Crippen LogP contribution in [0, 0.1) is 5.92 Å². The maximum Gasteiger partial charge on any atom is 0.334 e. The van der Waals surface area contributed by atoms with E-state index in [2.05, 4.69) is 26.6 Å². The summed E-state index contributed by atoms with van der Waals surface area (Å²) in [5.74, 6) is -7.16. The molecule has 0 aromatic rings. The van der Waals surface area contributed by atoms with Crippen molar-refractivity contribution in [1.29, 1.82) is 0 Å². The van der Waals surface area contributed by atoms with Crippen molar-refractivity contribution in [3.63, 3.8) is 0 Å². The second kappa shape index (κ2) is 17.0. The summed E-state index contributed by atoms with van der Waals surface area (Å²) in [4.78, 5) is 120. The Balaban J connectivity index is 2.12. The molecule has 2 saturated heterocycles. The lowest BCUT2D eigenvalue weighted by Crippen LogP contribution is -2.48. The number of imide groups is 2. The van der Waals surface area contributed by atoms with E-state index in [9.17, 15) is 43.2 Å². The zero-order chi connectivity index (χ0) is 30.5. The van der Waals surface area contributed by atoms with Crippen LogP contribution in [0.1, 0.15) is 38.5 Å². The summed E-state index contributed by atoms with van der Waals surface area (Å²) in [7, 11) is 0. The molecule has 0 aromatic heterocycles. The minimum atomic E-state index is -1.01. The van der Waals surface area contributed by atoms with Gasteiger partial charge in [-0.15, -0.1) is 10.1 Å². The van der Waals surface area contributed by atoms with Gasteiger partial charge in [0.15, 0.2) is 0 Å². The van der Waals surface area contributed by atoms with E-state index in [4.69, 9.17) is 9.68 Å². The molecule has 16 nitrogen and oxygen atoms in total. The fraction of sp³-hybridized carbons (Fsp3) is 0.591. The number of carbonyl (C=O) groups excluding carboxylic acids is 9. The molecule has 2 aliphatic rings. The molecular weight excluding hydrogens is 728 g/mol. The van der Waals surface area contributed by atoms with E-state index in [1.165, 1.54) is 0 Å². The standard InChI is InChI=1S/C22H28BBrIN5O11/c24-10-15(32)27-12-13(11-26-14(31)9-23-25)22(39)28(7-5-20(37)40-29-16(33)1-2-17(29)34)8-6-21(38)41-30-18(35)3-4-19(30)36/h13,23H,1-12H2,(H,26,31)(H,27,32). The van der Waals surface area contributed by atoms with Crippen molar-refractivity contribution in [2.45, 2.75) is 44.8 Å². The summed E-state index contributed by atoms with van der Waals surface area (Å²) < 4.78 is 0. The molecule has 0 saturated carbocycles. The minimum Gasteiger partial charge on any atom is -0.356 e. The van der Waals surface area contributed by atoms with Gasteiger partial charge in [0.05, 0.1) is 24.1 Å². The topological polar surface area (TPSA) is 206 Å². The van der Waals surface area contributed by atoms with E-state index < -0.39 is 66.1 Å². The average molecular weight is 756 g/mol. The van der Waals surface area contributed by atoms with E-state index in [1.54, 1.807) is 0 Å². The van der Waals surface area contributed by atoms with E-state index in [0.29, 0.717) is 15.3 Å². The molecule has 0 spiro atoms. The largest absolute Gasteiger partial charge is 0.356 e. The van der Waals surface area contributed by atoms with Crippen LogP contribution in [-0.4, -0.2) is 105 Å². The van der Waals surface area contributed by atoms with Crippen LogP contribution < -0.4 is 10.6 Å². The molecule has 2 rings (SSSR count). The Bertz CT molecular complexity index is 1010. The van der Waals surface area contributed by atoms with Crippen molar-refractivity contribution >= 4 is 96.7 Å². The highest BCUT2D eigenvalue weighted by Crippen LogP contribution is 2.15. The van der Waals surface area contributed by atoms with Crippen molar-refractivity contribution in [1.82, 2.24) is 25.7 Å². The smallest absolute Gasteiger partial charge is 0.334 e. The van der Waals surface area contributed by atoms with Crippen molar-refractivity contribution < 1.29 is 52.8 Å². The number of nitrogens with one attached hydrogen (secondary N) is 2. The minimum absolute atomic E-state index is 0.0433. The molecule has 2 fully saturated rings. The van der Waals surface area contributed by atoms with Gasteiger partial charge >= 0.3 is 11.9 Å². The third-order valence-corrected chi connectivity index (χ3v) is 6.81. The molecule has 0 bridgehead atoms. The highest BCUT2D eigenvalue weighted by Gasteiger charge is 2.35. The molecule has 41 heavy (non-hydrogen) atoms. The zero-order valence-corrected chi connectivity index (χ0v) is 25.6. The van der Waals surface area contributed by atoms with Crippen LogP contribution in [0.3, 0.4) is 0 Å². The lowest BCUT2D eigenvalue weighted by molar-refractivity contribution is -0.198. The van der Waals surface area contributed by atoms with E-state index >= 15 is 0 Å². The third kappa shape index (κ3) is 11.0. The maximum atomic E-state index is 13.5. The summed E-state index contributed by atoms with van der Waals surface area (Å²) in [5.41, 5.74) is 0. The van der Waals surface area contributed by atoms with Gasteiger partial charge in [-0.3, -0.25) is 33.6 Å². The van der Waals surface area contributed by atoms with Gasteiger partial charge in [-0.1, -0.05) is 15.9 Å². The highest BCUT2D eigenvalue weighted by atomic mass is 127. The molecule has 1 unspecified atom stereocenters. The fourth-order valence-electron chi connectivity index (χ4n) is 3.60. The van der Waals surface area contributed by atoms with Crippen LogP contribution >= 0.6 is 38.3 Å². The van der Waals surface area contributed by atoms with Crippen molar-refractivity contribution in [2.24, 2.45) is 5.92 Å². The number of nitrogens with zero attached hydrogens (tertiary/aromatic N) is 3. The Morgan fingerprint density at radius 2 is 1.22 bits per heavy atom. The van der Waals surface area contributed by atoms with Crippen molar-refractivity contribution in [3.8, 4) is 0 Å². The average Bonchev–Trinajstić information content (AvgIpc) is 3.42. The first kappa shape index (κ1) is 34.1. The van der Waals surface area contributed by atoms with Gasteiger partial charge < -0.3 is 25.2 Å². The number of hydrogen-bond donors (Lipinski definition) is 2. The van der Waals surface area contributed by atoms with Gasteiger partial charge in [-0.05, 0) is 0 Å². The van der Waals surface area contributed by atoms with Gasteiger partial charge in [0.25, 0.3) is 23.6 Å². The number of carbonyl (C=O) groups is 9. The Kier molecular flexibility index (Phi) is 14.1. The summed E-state index contributed by atoms with van der Waals surface area (Å²) in [6.07, 6.45) is -1.19. The number of rotatable bonds is 16. The molecule has 2 heterocycles. The Morgan fingerprint density at radius 3 is 1.61 bits per heavy atom. The SMILES string of the molecule is O=C(CBr)NCC(CNC(=O)CBI)C(=O)N(CCC(=O)ON1C(=O)CCC1=O)CCC(=O)ON1C(=O)CCC1=O. The van der Waals surface area contributed by atoms with Crippen LogP contribution in [0.15, 0.2) is 0 Å². The summed E-state index contributed by atoms with van der Waals surface area (Å²) >= 11 is 5.01. The number of alkyl halides is 1. The van der Waals surface area contributed by atoms with E-state index in [-0.39, 0.29) is 69.4 Å². The number of hydroxylamine groups is 4. The molecular formula is C22H28BBrIN5O11. The van der Waals surface area contributed by atoms with Crippen LogP contribution in [-0.2, 0) is 52.8 Å². The first-order chi connectivity index (χ1) is 19.5. The molecule has 2 aliphatic heterocycles. The summed E-state index contributed by atoms with van der Waals surface area (Å²) in [5, 5.41) is 6.35. The normalized spacial score (nSPS) is 15.5. The van der Waals surface area contributed by atoms with Crippen LogP contribution in [0.2, 0.25) is 6.32 Å².